The average Bonchev–Trinajstić information content (AvgIpc) is 2.87. The number of fused-ring (bicyclic) bond motifs is 5. The number of carbonyl (C=O) groups excluding carboxylic acids is 1. The fourth-order valence-corrected chi connectivity index (χ4v) is 3.13. The molecule has 2 aromatic carbocycles. The summed E-state index contributed by atoms with van der Waals surface area (Å²) in [4.78, 5) is 15.8. The Morgan fingerprint density at radius 2 is 1.78 bits per heavy atom. The molecular formula is C15H8INO. The standard InChI is InChI=1S/C15H8INO/c16-8-5-6-11-12(7-8)17-14-9-3-1-2-4-10(9)15(18)13(11)14/h1-7,17H. The molecule has 0 bridgehead atoms. The Kier molecular flexibility index (Phi) is 1.97. The number of benzene rings is 2. The molecule has 1 aliphatic carbocycles. The van der Waals surface area contributed by atoms with Crippen molar-refractivity contribution in [3.63, 3.8) is 0 Å². The van der Waals surface area contributed by atoms with Crippen molar-refractivity contribution >= 4 is 39.3 Å². The van der Waals surface area contributed by atoms with Gasteiger partial charge in [0.1, 0.15) is 0 Å². The first-order chi connectivity index (χ1) is 8.75. The molecule has 0 unspecified atom stereocenters. The Labute approximate surface area is 117 Å². The summed E-state index contributed by atoms with van der Waals surface area (Å²) in [6.07, 6.45) is 0. The Bertz CT molecular complexity index is 816. The average molecular weight is 345 g/mol. The van der Waals surface area contributed by atoms with Crippen molar-refractivity contribution in [1.29, 1.82) is 0 Å². The van der Waals surface area contributed by atoms with E-state index in [9.17, 15) is 4.79 Å². The summed E-state index contributed by atoms with van der Waals surface area (Å²) in [6, 6.07) is 13.9. The van der Waals surface area contributed by atoms with E-state index in [0.717, 1.165) is 33.3 Å². The lowest BCUT2D eigenvalue weighted by Gasteiger charge is -1.98. The summed E-state index contributed by atoms with van der Waals surface area (Å²) >= 11 is 2.28. The molecule has 0 radical (unpaired) electrons. The van der Waals surface area contributed by atoms with Crippen LogP contribution in [0, 0.1) is 3.57 Å². The van der Waals surface area contributed by atoms with Gasteiger partial charge in [-0.2, -0.15) is 0 Å². The molecule has 86 valence electrons. The van der Waals surface area contributed by atoms with Gasteiger partial charge >= 0.3 is 0 Å². The third-order valence-electron chi connectivity index (χ3n) is 3.43. The van der Waals surface area contributed by atoms with Crippen LogP contribution in [-0.4, -0.2) is 10.8 Å². The number of nitrogens with one attached hydrogen (secondary N) is 1. The van der Waals surface area contributed by atoms with Gasteiger partial charge in [-0.1, -0.05) is 30.3 Å². The van der Waals surface area contributed by atoms with E-state index >= 15 is 0 Å². The number of aromatic nitrogens is 1. The van der Waals surface area contributed by atoms with E-state index in [1.807, 2.05) is 36.4 Å². The van der Waals surface area contributed by atoms with Gasteiger partial charge < -0.3 is 4.98 Å². The van der Waals surface area contributed by atoms with Crippen LogP contribution in [0.5, 0.6) is 0 Å². The molecular weight excluding hydrogens is 337 g/mol. The van der Waals surface area contributed by atoms with Crippen LogP contribution in [-0.2, 0) is 0 Å². The molecule has 0 fully saturated rings. The lowest BCUT2D eigenvalue weighted by Crippen LogP contribution is -1.94. The second-order valence-corrected chi connectivity index (χ2v) is 5.69. The van der Waals surface area contributed by atoms with Crippen LogP contribution in [0.25, 0.3) is 22.2 Å². The molecule has 2 nitrogen and oxygen atoms in total. The molecule has 4 rings (SSSR count). The normalized spacial score (nSPS) is 12.8. The minimum atomic E-state index is 0.132. The van der Waals surface area contributed by atoms with Crippen LogP contribution in [0.15, 0.2) is 42.5 Å². The van der Waals surface area contributed by atoms with Crippen molar-refractivity contribution in [3.8, 4) is 11.3 Å². The van der Waals surface area contributed by atoms with Crippen molar-refractivity contribution in [3.05, 3.63) is 57.2 Å². The summed E-state index contributed by atoms with van der Waals surface area (Å²) in [5, 5.41) is 1.02. The summed E-state index contributed by atoms with van der Waals surface area (Å²) in [6.45, 7) is 0. The second kappa shape index (κ2) is 3.45. The summed E-state index contributed by atoms with van der Waals surface area (Å²) in [7, 11) is 0. The van der Waals surface area contributed by atoms with E-state index in [1.165, 1.54) is 3.57 Å². The lowest BCUT2D eigenvalue weighted by atomic mass is 10.1. The molecule has 3 aromatic rings. The number of hydrogen-bond donors (Lipinski definition) is 1. The topological polar surface area (TPSA) is 32.9 Å². The molecule has 0 aliphatic heterocycles. The van der Waals surface area contributed by atoms with Gasteiger partial charge in [-0.05, 0) is 34.7 Å². The first-order valence-electron chi connectivity index (χ1n) is 5.71. The zero-order chi connectivity index (χ0) is 12.3. The number of hydrogen-bond acceptors (Lipinski definition) is 1. The highest BCUT2D eigenvalue weighted by Gasteiger charge is 2.30. The predicted octanol–water partition coefficient (Wildman–Crippen LogP) is 3.98. The molecule has 0 saturated heterocycles. The highest BCUT2D eigenvalue weighted by Crippen LogP contribution is 2.40. The Hall–Kier alpha value is -1.62. The van der Waals surface area contributed by atoms with Crippen molar-refractivity contribution in [2.45, 2.75) is 0 Å². The van der Waals surface area contributed by atoms with Gasteiger partial charge in [-0.3, -0.25) is 4.79 Å². The Balaban J connectivity index is 2.15. The largest absolute Gasteiger partial charge is 0.354 e. The predicted molar refractivity (Wildman–Crippen MR) is 79.9 cm³/mol. The molecule has 0 atom stereocenters. The van der Waals surface area contributed by atoms with Gasteiger partial charge in [-0.25, -0.2) is 0 Å². The van der Waals surface area contributed by atoms with Crippen LogP contribution in [0.3, 0.4) is 0 Å². The third-order valence-corrected chi connectivity index (χ3v) is 4.10. The third kappa shape index (κ3) is 1.20. The fraction of sp³-hybridized carbons (Fsp3) is 0. The van der Waals surface area contributed by atoms with Gasteiger partial charge in [0, 0.05) is 25.6 Å². The number of aromatic amines is 1. The van der Waals surface area contributed by atoms with E-state index in [4.69, 9.17) is 0 Å². The van der Waals surface area contributed by atoms with Crippen LogP contribution >= 0.6 is 22.6 Å². The zero-order valence-electron chi connectivity index (χ0n) is 9.33. The number of ketones is 1. The molecule has 1 heterocycles. The molecule has 0 saturated carbocycles. The number of halogens is 1. The maximum absolute atomic E-state index is 12.4. The van der Waals surface area contributed by atoms with E-state index in [0.29, 0.717) is 0 Å². The molecule has 18 heavy (non-hydrogen) atoms. The maximum atomic E-state index is 12.4. The minimum Gasteiger partial charge on any atom is -0.354 e. The highest BCUT2D eigenvalue weighted by atomic mass is 127. The molecule has 0 amide bonds. The van der Waals surface area contributed by atoms with Gasteiger partial charge in [0.2, 0.25) is 0 Å². The lowest BCUT2D eigenvalue weighted by molar-refractivity contribution is 0.104. The molecule has 1 aromatic heterocycles. The van der Waals surface area contributed by atoms with Crippen molar-refractivity contribution in [1.82, 2.24) is 4.98 Å². The first kappa shape index (κ1) is 10.3. The van der Waals surface area contributed by atoms with Crippen LogP contribution in [0.1, 0.15) is 15.9 Å². The van der Waals surface area contributed by atoms with Crippen molar-refractivity contribution in [2.24, 2.45) is 0 Å². The summed E-state index contributed by atoms with van der Waals surface area (Å²) in [5.41, 5.74) is 4.65. The van der Waals surface area contributed by atoms with Crippen LogP contribution in [0.2, 0.25) is 0 Å². The number of carbonyl (C=O) groups is 1. The van der Waals surface area contributed by atoms with E-state index < -0.39 is 0 Å². The summed E-state index contributed by atoms with van der Waals surface area (Å²) in [5.74, 6) is 0.132. The quantitative estimate of drug-likeness (QED) is 0.481. The van der Waals surface area contributed by atoms with Crippen LogP contribution < -0.4 is 0 Å². The number of rotatable bonds is 0. The van der Waals surface area contributed by atoms with Gasteiger partial charge in [0.05, 0.1) is 11.3 Å². The maximum Gasteiger partial charge on any atom is 0.196 e. The Morgan fingerprint density at radius 1 is 1.00 bits per heavy atom. The van der Waals surface area contributed by atoms with Gasteiger partial charge in [0.15, 0.2) is 5.78 Å². The monoisotopic (exact) mass is 345 g/mol. The molecule has 0 spiro atoms. The van der Waals surface area contributed by atoms with E-state index in [1.54, 1.807) is 0 Å². The van der Waals surface area contributed by atoms with Crippen LogP contribution in [0.4, 0.5) is 0 Å². The fourth-order valence-electron chi connectivity index (χ4n) is 2.64. The summed E-state index contributed by atoms with van der Waals surface area (Å²) < 4.78 is 1.17. The Morgan fingerprint density at radius 3 is 2.61 bits per heavy atom. The molecule has 3 heteroatoms. The smallest absolute Gasteiger partial charge is 0.196 e. The molecule has 1 aliphatic rings. The number of H-pyrrole nitrogens is 1. The minimum absolute atomic E-state index is 0.132. The SMILES string of the molecule is O=C1c2ccccc2-c2[nH]c3cc(I)ccc3c21. The van der Waals surface area contributed by atoms with Crippen molar-refractivity contribution in [2.75, 3.05) is 0 Å². The molecule has 1 N–H and O–H groups in total. The van der Waals surface area contributed by atoms with Gasteiger partial charge in [-0.15, -0.1) is 0 Å². The highest BCUT2D eigenvalue weighted by molar-refractivity contribution is 14.1. The van der Waals surface area contributed by atoms with Gasteiger partial charge in [0.25, 0.3) is 0 Å². The van der Waals surface area contributed by atoms with E-state index in [-0.39, 0.29) is 5.78 Å². The van der Waals surface area contributed by atoms with E-state index in [2.05, 4.69) is 33.6 Å². The first-order valence-corrected chi connectivity index (χ1v) is 6.79. The van der Waals surface area contributed by atoms with Crippen molar-refractivity contribution < 1.29 is 4.79 Å². The zero-order valence-corrected chi connectivity index (χ0v) is 11.5. The second-order valence-electron chi connectivity index (χ2n) is 4.44.